The van der Waals surface area contributed by atoms with Crippen molar-refractivity contribution < 1.29 is 4.39 Å². The molecule has 234 valence electrons. The van der Waals surface area contributed by atoms with Crippen LogP contribution in [0.15, 0.2) is 170 Å². The summed E-state index contributed by atoms with van der Waals surface area (Å²) in [5.74, 6) is -0.245. The molecule has 2 heterocycles. The minimum atomic E-state index is -0.245. The lowest BCUT2D eigenvalue weighted by Gasteiger charge is -2.10. The van der Waals surface area contributed by atoms with Crippen molar-refractivity contribution in [1.29, 1.82) is 0 Å². The fraction of sp³-hybridized carbons (Fsp3) is 0.0222. The summed E-state index contributed by atoms with van der Waals surface area (Å²) in [4.78, 5) is 0. The molecule has 0 aliphatic rings. The zero-order valence-corrected chi connectivity index (χ0v) is 26.7. The summed E-state index contributed by atoms with van der Waals surface area (Å²) in [6.07, 6.45) is 2.79. The quantitative estimate of drug-likeness (QED) is 0.194. The zero-order valence-electron chi connectivity index (χ0n) is 26.7. The average Bonchev–Trinajstić information content (AvgIpc) is 3.66. The summed E-state index contributed by atoms with van der Waals surface area (Å²) in [5.41, 5.74) is 18.0. The van der Waals surface area contributed by atoms with Crippen LogP contribution in [0.5, 0.6) is 0 Å². The highest BCUT2D eigenvalue weighted by Gasteiger charge is 2.16. The molecule has 0 saturated carbocycles. The lowest BCUT2D eigenvalue weighted by atomic mass is 10.0. The van der Waals surface area contributed by atoms with Crippen molar-refractivity contribution in [3.63, 3.8) is 0 Å². The van der Waals surface area contributed by atoms with Gasteiger partial charge >= 0.3 is 0 Å². The van der Waals surface area contributed by atoms with Gasteiger partial charge in [0.25, 0.3) is 0 Å². The highest BCUT2D eigenvalue weighted by atomic mass is 19.1. The van der Waals surface area contributed by atoms with Gasteiger partial charge in [-0.1, -0.05) is 97.1 Å². The fourth-order valence-corrected chi connectivity index (χ4v) is 7.22. The first-order chi connectivity index (χ1) is 24.1. The molecule has 2 aromatic heterocycles. The number of allylic oxidation sites excluding steroid dienone is 1. The molecule has 7 aromatic carbocycles. The van der Waals surface area contributed by atoms with Crippen LogP contribution in [0, 0.1) is 5.82 Å². The van der Waals surface area contributed by atoms with Crippen LogP contribution < -0.4 is 5.73 Å². The predicted octanol–water partition coefficient (Wildman–Crippen LogP) is 11.2. The van der Waals surface area contributed by atoms with E-state index in [-0.39, 0.29) is 5.82 Å². The Kier molecular flexibility index (Phi) is 6.87. The molecule has 2 N–H and O–H groups in total. The standard InChI is InChI=1S/C45H32FN3/c46-34-20-26-45-40(29-34)39-28-33(32-18-24-43-38(27-32)37-13-7-8-14-42(37)48(43)35-11-5-2-6-12-35)19-25-44(39)49(45)36-21-15-30(16-22-36)17-23-41(47)31-9-3-1-4-10-31/h1-16,18-29H,17,47H2/b41-23-. The van der Waals surface area contributed by atoms with Gasteiger partial charge in [0.05, 0.1) is 22.1 Å². The Balaban J connectivity index is 1.13. The molecule has 9 rings (SSSR count). The number of hydrogen-bond acceptors (Lipinski definition) is 1. The van der Waals surface area contributed by atoms with Crippen molar-refractivity contribution in [3.05, 3.63) is 187 Å². The van der Waals surface area contributed by atoms with Crippen molar-refractivity contribution >= 4 is 49.3 Å². The number of rotatable bonds is 6. The maximum atomic E-state index is 14.8. The Hall–Kier alpha value is -6.39. The maximum absolute atomic E-state index is 14.8. The van der Waals surface area contributed by atoms with E-state index < -0.39 is 0 Å². The van der Waals surface area contributed by atoms with E-state index in [4.69, 9.17) is 5.73 Å². The normalized spacial score (nSPS) is 12.1. The largest absolute Gasteiger partial charge is 0.398 e. The van der Waals surface area contributed by atoms with Gasteiger partial charge in [0.2, 0.25) is 0 Å². The lowest BCUT2D eigenvalue weighted by Crippen LogP contribution is -1.97. The summed E-state index contributed by atoms with van der Waals surface area (Å²) >= 11 is 0. The monoisotopic (exact) mass is 633 g/mol. The van der Waals surface area contributed by atoms with Crippen LogP contribution in [0.25, 0.3) is 71.8 Å². The number of nitrogens with zero attached hydrogens (tertiary/aromatic N) is 2. The van der Waals surface area contributed by atoms with Crippen LogP contribution in [-0.4, -0.2) is 9.13 Å². The van der Waals surface area contributed by atoms with Crippen LogP contribution in [0.4, 0.5) is 4.39 Å². The summed E-state index contributed by atoms with van der Waals surface area (Å²) in [6.45, 7) is 0. The molecule has 0 atom stereocenters. The molecule has 0 saturated heterocycles. The summed E-state index contributed by atoms with van der Waals surface area (Å²) < 4.78 is 19.3. The van der Waals surface area contributed by atoms with Gasteiger partial charge in [-0.2, -0.15) is 0 Å². The second kappa shape index (κ2) is 11.7. The fourth-order valence-electron chi connectivity index (χ4n) is 7.22. The van der Waals surface area contributed by atoms with E-state index in [2.05, 4.69) is 124 Å². The van der Waals surface area contributed by atoms with Gasteiger partial charge in [0.1, 0.15) is 5.82 Å². The first kappa shape index (κ1) is 28.8. The maximum Gasteiger partial charge on any atom is 0.123 e. The lowest BCUT2D eigenvalue weighted by molar-refractivity contribution is 0.629. The van der Waals surface area contributed by atoms with E-state index >= 15 is 0 Å². The smallest absolute Gasteiger partial charge is 0.123 e. The van der Waals surface area contributed by atoms with Crippen LogP contribution in [0.2, 0.25) is 0 Å². The zero-order chi connectivity index (χ0) is 32.9. The van der Waals surface area contributed by atoms with Crippen molar-refractivity contribution in [2.45, 2.75) is 6.42 Å². The van der Waals surface area contributed by atoms with Gasteiger partial charge in [-0.05, 0) is 101 Å². The molecule has 49 heavy (non-hydrogen) atoms. The predicted molar refractivity (Wildman–Crippen MR) is 203 cm³/mol. The van der Waals surface area contributed by atoms with Gasteiger partial charge in [-0.25, -0.2) is 4.39 Å². The highest BCUT2D eigenvalue weighted by molar-refractivity contribution is 6.12. The van der Waals surface area contributed by atoms with Gasteiger partial charge in [0.15, 0.2) is 0 Å². The third-order valence-electron chi connectivity index (χ3n) is 9.61. The Morgan fingerprint density at radius 1 is 0.490 bits per heavy atom. The molecule has 3 nitrogen and oxygen atoms in total. The van der Waals surface area contributed by atoms with E-state index in [1.54, 1.807) is 12.1 Å². The molecule has 0 radical (unpaired) electrons. The Bertz CT molecular complexity index is 2680. The number of nitrogens with two attached hydrogens (primary N) is 1. The van der Waals surface area contributed by atoms with Crippen molar-refractivity contribution in [3.8, 4) is 22.5 Å². The highest BCUT2D eigenvalue weighted by Crippen LogP contribution is 2.38. The van der Waals surface area contributed by atoms with Crippen molar-refractivity contribution in [2.24, 2.45) is 5.73 Å². The first-order valence-corrected chi connectivity index (χ1v) is 16.6. The van der Waals surface area contributed by atoms with Crippen LogP contribution >= 0.6 is 0 Å². The number of fused-ring (bicyclic) bond motifs is 6. The third kappa shape index (κ3) is 4.97. The molecule has 4 heteroatoms. The van der Waals surface area contributed by atoms with Gasteiger partial charge in [-0.15, -0.1) is 0 Å². The van der Waals surface area contributed by atoms with E-state index in [9.17, 15) is 4.39 Å². The summed E-state index contributed by atoms with van der Waals surface area (Å²) in [7, 11) is 0. The van der Waals surface area contributed by atoms with Crippen LogP contribution in [0.1, 0.15) is 11.1 Å². The summed E-state index contributed by atoms with van der Waals surface area (Å²) in [5, 5.41) is 4.32. The van der Waals surface area contributed by atoms with Crippen LogP contribution in [-0.2, 0) is 6.42 Å². The number of hydrogen-bond donors (Lipinski definition) is 1. The molecule has 0 bridgehead atoms. The minimum absolute atomic E-state index is 0.245. The molecular formula is C45H32FN3. The molecule has 9 aromatic rings. The second-order valence-corrected chi connectivity index (χ2v) is 12.5. The van der Waals surface area contributed by atoms with Gasteiger partial charge < -0.3 is 14.9 Å². The van der Waals surface area contributed by atoms with Gasteiger partial charge in [0, 0.05) is 38.6 Å². The minimum Gasteiger partial charge on any atom is -0.398 e. The first-order valence-electron chi connectivity index (χ1n) is 16.6. The Morgan fingerprint density at radius 2 is 1.00 bits per heavy atom. The van der Waals surface area contributed by atoms with E-state index in [0.717, 1.165) is 67.5 Å². The topological polar surface area (TPSA) is 35.9 Å². The molecule has 0 fully saturated rings. The number of aromatic nitrogens is 2. The molecule has 0 amide bonds. The number of halogens is 1. The van der Waals surface area contributed by atoms with Crippen molar-refractivity contribution in [2.75, 3.05) is 0 Å². The molecular weight excluding hydrogens is 602 g/mol. The van der Waals surface area contributed by atoms with E-state index in [0.29, 0.717) is 0 Å². The SMILES string of the molecule is N/C(=C\Cc1ccc(-n2c3ccc(F)cc3c3cc(-c4ccc5c(c4)c4ccccc4n5-c4ccccc4)ccc32)cc1)c1ccccc1. The number of para-hydroxylation sites is 2. The van der Waals surface area contributed by atoms with Crippen molar-refractivity contribution in [1.82, 2.24) is 9.13 Å². The summed E-state index contributed by atoms with van der Waals surface area (Å²) in [6, 6.07) is 56.0. The second-order valence-electron chi connectivity index (χ2n) is 12.5. The van der Waals surface area contributed by atoms with E-state index in [1.807, 2.05) is 42.5 Å². The Labute approximate surface area is 283 Å². The Morgan fingerprint density at radius 3 is 1.67 bits per heavy atom. The van der Waals surface area contributed by atoms with Crippen LogP contribution in [0.3, 0.4) is 0 Å². The van der Waals surface area contributed by atoms with Gasteiger partial charge in [-0.3, -0.25) is 0 Å². The van der Waals surface area contributed by atoms with E-state index in [1.165, 1.54) is 21.9 Å². The number of benzene rings is 7. The average molecular weight is 634 g/mol. The molecule has 0 unspecified atom stereocenters. The molecule has 0 aliphatic heterocycles. The molecule has 0 spiro atoms. The molecule has 0 aliphatic carbocycles. The third-order valence-corrected chi connectivity index (χ3v) is 9.61.